The molecule has 7 heteroatoms. The molecule has 0 aliphatic carbocycles. The standard InChI is InChI=1S/C27H20N4O3/c1-16(32)17-3-2-4-18(9-17)19-5-7-24-22(10-19)27(14-33-26(28)31-27)23-11-20(6-8-25(23)34-24)21-12-29-15-30-13-21/h2-13,15H,14H2,1H3,(H2,28,31)/t27-/m1/s1. The minimum atomic E-state index is -0.854. The quantitative estimate of drug-likeness (QED) is 0.456. The van der Waals surface area contributed by atoms with Crippen molar-refractivity contribution < 1.29 is 14.3 Å². The first-order valence-corrected chi connectivity index (χ1v) is 10.9. The van der Waals surface area contributed by atoms with Gasteiger partial charge in [-0.2, -0.15) is 0 Å². The average molecular weight is 448 g/mol. The second-order valence-corrected chi connectivity index (χ2v) is 8.39. The van der Waals surface area contributed by atoms with Gasteiger partial charge in [-0.3, -0.25) is 4.79 Å². The summed E-state index contributed by atoms with van der Waals surface area (Å²) in [5.41, 5.74) is 11.3. The molecule has 2 N–H and O–H groups in total. The maximum atomic E-state index is 11.9. The SMILES string of the molecule is CC(=O)c1cccc(-c2ccc3c(c2)[C@]2(COC(N)=N2)c2cc(-c4cncnc4)ccc2O3)c1. The second kappa shape index (κ2) is 7.52. The molecule has 1 atom stereocenters. The van der Waals surface area contributed by atoms with Crippen LogP contribution in [0.25, 0.3) is 22.3 Å². The number of ether oxygens (including phenoxy) is 2. The van der Waals surface area contributed by atoms with Crippen molar-refractivity contribution in [3.05, 3.63) is 96.1 Å². The van der Waals surface area contributed by atoms with Crippen LogP contribution in [0.5, 0.6) is 11.5 Å². The molecule has 34 heavy (non-hydrogen) atoms. The first-order valence-electron chi connectivity index (χ1n) is 10.9. The molecule has 0 saturated heterocycles. The van der Waals surface area contributed by atoms with E-state index in [0.717, 1.165) is 33.4 Å². The maximum Gasteiger partial charge on any atom is 0.283 e. The van der Waals surface area contributed by atoms with Crippen LogP contribution in [0, 0.1) is 0 Å². The number of hydrogen-bond acceptors (Lipinski definition) is 7. The number of rotatable bonds is 3. The lowest BCUT2D eigenvalue weighted by molar-refractivity contribution is 0.101. The van der Waals surface area contributed by atoms with Crippen LogP contribution in [0.2, 0.25) is 0 Å². The first-order chi connectivity index (χ1) is 16.5. The third-order valence-electron chi connectivity index (χ3n) is 6.30. The Morgan fingerprint density at radius 3 is 2.15 bits per heavy atom. The van der Waals surface area contributed by atoms with Crippen molar-refractivity contribution in [3.8, 4) is 33.8 Å². The second-order valence-electron chi connectivity index (χ2n) is 8.39. The monoisotopic (exact) mass is 448 g/mol. The van der Waals surface area contributed by atoms with Crippen molar-refractivity contribution in [2.24, 2.45) is 10.7 Å². The molecule has 6 rings (SSSR count). The molecule has 2 aliphatic heterocycles. The van der Waals surface area contributed by atoms with Crippen LogP contribution in [0.4, 0.5) is 0 Å². The van der Waals surface area contributed by atoms with Gasteiger partial charge >= 0.3 is 0 Å². The zero-order valence-corrected chi connectivity index (χ0v) is 18.4. The van der Waals surface area contributed by atoms with Crippen LogP contribution in [0.15, 0.2) is 84.4 Å². The van der Waals surface area contributed by atoms with Gasteiger partial charge in [-0.15, -0.1) is 0 Å². The predicted molar refractivity (Wildman–Crippen MR) is 128 cm³/mol. The Hall–Kier alpha value is -4.52. The molecule has 0 saturated carbocycles. The fraction of sp³-hybridized carbons (Fsp3) is 0.111. The van der Waals surface area contributed by atoms with E-state index in [-0.39, 0.29) is 18.4 Å². The minimum absolute atomic E-state index is 0.0209. The number of hydrogen-bond donors (Lipinski definition) is 1. The zero-order valence-electron chi connectivity index (χ0n) is 18.4. The highest BCUT2D eigenvalue weighted by Crippen LogP contribution is 2.52. The summed E-state index contributed by atoms with van der Waals surface area (Å²) in [6.07, 6.45) is 5.03. The van der Waals surface area contributed by atoms with Gasteiger partial charge in [0.05, 0.1) is 0 Å². The van der Waals surface area contributed by atoms with E-state index in [0.29, 0.717) is 17.1 Å². The molecular weight excluding hydrogens is 428 g/mol. The minimum Gasteiger partial charge on any atom is -0.462 e. The molecule has 1 spiro atoms. The van der Waals surface area contributed by atoms with E-state index in [2.05, 4.69) is 9.97 Å². The van der Waals surface area contributed by atoms with E-state index in [1.165, 1.54) is 6.33 Å². The summed E-state index contributed by atoms with van der Waals surface area (Å²) in [7, 11) is 0. The highest BCUT2D eigenvalue weighted by Gasteiger charge is 2.47. The first kappa shape index (κ1) is 20.1. The Bertz CT molecular complexity index is 1480. The van der Waals surface area contributed by atoms with Crippen molar-refractivity contribution in [1.29, 1.82) is 0 Å². The summed E-state index contributed by atoms with van der Waals surface area (Å²) in [4.78, 5) is 25.0. The largest absolute Gasteiger partial charge is 0.462 e. The fourth-order valence-electron chi connectivity index (χ4n) is 4.58. The smallest absolute Gasteiger partial charge is 0.283 e. The van der Waals surface area contributed by atoms with Crippen LogP contribution >= 0.6 is 0 Å². The number of nitrogens with two attached hydrogens (primary N) is 1. The summed E-state index contributed by atoms with van der Waals surface area (Å²) in [6.45, 7) is 1.82. The van der Waals surface area contributed by atoms with Crippen molar-refractivity contribution in [3.63, 3.8) is 0 Å². The van der Waals surface area contributed by atoms with Gasteiger partial charge < -0.3 is 15.2 Å². The van der Waals surface area contributed by atoms with Gasteiger partial charge in [0.1, 0.15) is 24.4 Å². The number of ketones is 1. The maximum absolute atomic E-state index is 11.9. The summed E-state index contributed by atoms with van der Waals surface area (Å²) in [6, 6.07) is 19.6. The van der Waals surface area contributed by atoms with Crippen LogP contribution in [0.3, 0.4) is 0 Å². The Balaban J connectivity index is 1.53. The van der Waals surface area contributed by atoms with Gasteiger partial charge in [-0.25, -0.2) is 15.0 Å². The van der Waals surface area contributed by atoms with E-state index in [1.807, 2.05) is 60.7 Å². The zero-order chi connectivity index (χ0) is 23.3. The number of benzene rings is 3. The lowest BCUT2D eigenvalue weighted by Gasteiger charge is -2.34. The van der Waals surface area contributed by atoms with Crippen LogP contribution in [-0.2, 0) is 10.3 Å². The van der Waals surface area contributed by atoms with Crippen molar-refractivity contribution in [2.75, 3.05) is 6.61 Å². The molecule has 0 radical (unpaired) electrons. The van der Waals surface area contributed by atoms with Gasteiger partial charge in [0, 0.05) is 34.6 Å². The molecule has 2 aliphatic rings. The molecule has 0 amide bonds. The number of fused-ring (bicyclic) bond motifs is 4. The molecule has 166 valence electrons. The number of nitrogens with zero attached hydrogens (tertiary/aromatic N) is 3. The highest BCUT2D eigenvalue weighted by atomic mass is 16.5. The number of aromatic nitrogens is 2. The number of carbonyl (C=O) groups excluding carboxylic acids is 1. The molecule has 3 heterocycles. The molecule has 0 bridgehead atoms. The molecule has 1 aromatic heterocycles. The molecule has 0 fully saturated rings. The van der Waals surface area contributed by atoms with E-state index in [4.69, 9.17) is 20.2 Å². The number of aliphatic imine (C=N–C) groups is 1. The summed E-state index contributed by atoms with van der Waals surface area (Å²) < 4.78 is 12.0. The fourth-order valence-corrected chi connectivity index (χ4v) is 4.58. The summed E-state index contributed by atoms with van der Waals surface area (Å²) in [5.74, 6) is 1.41. The Morgan fingerprint density at radius 1 is 0.882 bits per heavy atom. The van der Waals surface area contributed by atoms with Crippen LogP contribution < -0.4 is 10.5 Å². The number of carbonyl (C=O) groups is 1. The van der Waals surface area contributed by atoms with Gasteiger partial charge in [0.25, 0.3) is 6.02 Å². The van der Waals surface area contributed by atoms with E-state index < -0.39 is 5.54 Å². The normalized spacial score (nSPS) is 17.9. The van der Waals surface area contributed by atoms with E-state index >= 15 is 0 Å². The number of Topliss-reactive ketones (excluding diaryl/α,β-unsaturated/α-hetero) is 1. The molecule has 4 aromatic rings. The Morgan fingerprint density at radius 2 is 1.53 bits per heavy atom. The lowest BCUT2D eigenvalue weighted by Crippen LogP contribution is -2.31. The van der Waals surface area contributed by atoms with Gasteiger partial charge in [-0.1, -0.05) is 30.3 Å². The number of amidine groups is 1. The van der Waals surface area contributed by atoms with Crippen molar-refractivity contribution in [1.82, 2.24) is 9.97 Å². The van der Waals surface area contributed by atoms with Crippen LogP contribution in [0.1, 0.15) is 28.4 Å². The lowest BCUT2D eigenvalue weighted by atomic mass is 9.79. The van der Waals surface area contributed by atoms with Gasteiger partial charge in [0.2, 0.25) is 0 Å². The average Bonchev–Trinajstić information content (AvgIpc) is 3.26. The molecule has 3 aromatic carbocycles. The van der Waals surface area contributed by atoms with Gasteiger partial charge in [0.15, 0.2) is 11.3 Å². The summed E-state index contributed by atoms with van der Waals surface area (Å²) >= 11 is 0. The third-order valence-corrected chi connectivity index (χ3v) is 6.30. The third kappa shape index (κ3) is 3.13. The Labute approximate surface area is 195 Å². The molecule has 7 nitrogen and oxygen atoms in total. The van der Waals surface area contributed by atoms with Crippen molar-refractivity contribution >= 4 is 11.8 Å². The topological polar surface area (TPSA) is 99.7 Å². The van der Waals surface area contributed by atoms with Gasteiger partial charge in [-0.05, 0) is 53.9 Å². The molecule has 0 unspecified atom stereocenters. The van der Waals surface area contributed by atoms with Crippen molar-refractivity contribution in [2.45, 2.75) is 12.5 Å². The van der Waals surface area contributed by atoms with E-state index in [1.54, 1.807) is 19.3 Å². The highest BCUT2D eigenvalue weighted by molar-refractivity contribution is 5.95. The van der Waals surface area contributed by atoms with Crippen LogP contribution in [-0.4, -0.2) is 28.4 Å². The molecular formula is C27H20N4O3. The summed E-state index contributed by atoms with van der Waals surface area (Å²) in [5, 5.41) is 0. The van der Waals surface area contributed by atoms with E-state index in [9.17, 15) is 4.79 Å². The predicted octanol–water partition coefficient (Wildman–Crippen LogP) is 4.71. The Kier molecular flexibility index (Phi) is 4.45.